The van der Waals surface area contributed by atoms with Crippen LogP contribution in [0.3, 0.4) is 0 Å². The highest BCUT2D eigenvalue weighted by Gasteiger charge is 1.93. The number of hydrogen-bond acceptors (Lipinski definition) is 2. The largest absolute Gasteiger partial charge is 0.303 e. The lowest BCUT2D eigenvalue weighted by atomic mass is 10.2. The number of hydrogen-bond donors (Lipinski definition) is 0. The lowest BCUT2D eigenvalue weighted by Crippen LogP contribution is -1.91. The van der Waals surface area contributed by atoms with Gasteiger partial charge in [0.1, 0.15) is 6.29 Å². The molecule has 0 saturated carbocycles. The summed E-state index contributed by atoms with van der Waals surface area (Å²) in [5, 5.41) is 0. The number of carbonyl (C=O) groups excluding carboxylic acids is 2. The van der Waals surface area contributed by atoms with Crippen molar-refractivity contribution in [3.8, 4) is 12.3 Å². The fraction of sp³-hybridized carbons (Fsp3) is 0.429. The van der Waals surface area contributed by atoms with Crippen LogP contribution >= 0.6 is 0 Å². The first-order valence-electron chi connectivity index (χ1n) is 2.74. The molecule has 0 aromatic carbocycles. The van der Waals surface area contributed by atoms with Gasteiger partial charge in [-0.05, 0) is 12.3 Å². The Labute approximate surface area is 54.3 Å². The van der Waals surface area contributed by atoms with Gasteiger partial charge in [0.15, 0.2) is 0 Å². The minimum atomic E-state index is -0.225. The molecule has 0 aliphatic carbocycles. The molecule has 2 heteroatoms. The van der Waals surface area contributed by atoms with Gasteiger partial charge < -0.3 is 4.79 Å². The Hall–Kier alpha value is -1.10. The molecular weight excluding hydrogens is 116 g/mol. The molecule has 2 nitrogen and oxygen atoms in total. The number of terminal acetylenes is 1. The van der Waals surface area contributed by atoms with Gasteiger partial charge in [-0.1, -0.05) is 0 Å². The summed E-state index contributed by atoms with van der Waals surface area (Å²) >= 11 is 0. The maximum Gasteiger partial charge on any atom is 0.205 e. The van der Waals surface area contributed by atoms with Crippen molar-refractivity contribution in [3.05, 3.63) is 0 Å². The molecule has 0 fully saturated rings. The Bertz CT molecular complexity index is 141. The molecule has 0 saturated heterocycles. The van der Waals surface area contributed by atoms with E-state index in [1.807, 2.05) is 5.92 Å². The highest BCUT2D eigenvalue weighted by atomic mass is 16.1. The quantitative estimate of drug-likeness (QED) is 0.237. The van der Waals surface area contributed by atoms with E-state index < -0.39 is 0 Å². The van der Waals surface area contributed by atoms with E-state index in [0.29, 0.717) is 19.3 Å². The van der Waals surface area contributed by atoms with Crippen molar-refractivity contribution in [2.75, 3.05) is 0 Å². The van der Waals surface area contributed by atoms with Gasteiger partial charge in [0.05, 0.1) is 0 Å². The van der Waals surface area contributed by atoms with Gasteiger partial charge in [-0.3, -0.25) is 4.79 Å². The number of rotatable bonds is 4. The van der Waals surface area contributed by atoms with Crippen molar-refractivity contribution in [1.82, 2.24) is 0 Å². The van der Waals surface area contributed by atoms with E-state index in [0.717, 1.165) is 6.29 Å². The summed E-state index contributed by atoms with van der Waals surface area (Å²) in [6, 6.07) is 0. The molecule has 0 bridgehead atoms. The Morgan fingerprint density at radius 3 is 2.78 bits per heavy atom. The minimum absolute atomic E-state index is 0.225. The molecule has 0 heterocycles. The summed E-state index contributed by atoms with van der Waals surface area (Å²) in [5.74, 6) is 1.74. The SMILES string of the molecule is C#CC(=O)CCCC=O. The van der Waals surface area contributed by atoms with Crippen LogP contribution in [0.4, 0.5) is 0 Å². The molecule has 0 unspecified atom stereocenters. The molecule has 0 radical (unpaired) electrons. The first-order valence-corrected chi connectivity index (χ1v) is 2.74. The molecule has 0 rings (SSSR count). The van der Waals surface area contributed by atoms with E-state index in [4.69, 9.17) is 6.42 Å². The van der Waals surface area contributed by atoms with Crippen LogP contribution in [0.15, 0.2) is 0 Å². The van der Waals surface area contributed by atoms with Gasteiger partial charge in [-0.15, -0.1) is 6.42 Å². The second-order valence-corrected chi connectivity index (χ2v) is 1.63. The van der Waals surface area contributed by atoms with Gasteiger partial charge in [0, 0.05) is 12.8 Å². The molecule has 0 aromatic rings. The number of aldehydes is 1. The van der Waals surface area contributed by atoms with Crippen LogP contribution in [0.2, 0.25) is 0 Å². The van der Waals surface area contributed by atoms with Crippen LogP contribution in [0.1, 0.15) is 19.3 Å². The summed E-state index contributed by atoms with van der Waals surface area (Å²) in [4.78, 5) is 20.0. The Morgan fingerprint density at radius 1 is 1.67 bits per heavy atom. The Morgan fingerprint density at radius 2 is 2.33 bits per heavy atom. The average Bonchev–Trinajstić information content (AvgIpc) is 1.89. The zero-order valence-electron chi connectivity index (χ0n) is 5.09. The van der Waals surface area contributed by atoms with E-state index in [-0.39, 0.29) is 5.78 Å². The summed E-state index contributed by atoms with van der Waals surface area (Å²) in [6.07, 6.45) is 6.88. The van der Waals surface area contributed by atoms with Crippen LogP contribution in [0, 0.1) is 12.3 Å². The Kier molecular flexibility index (Phi) is 4.43. The van der Waals surface area contributed by atoms with Gasteiger partial charge in [-0.25, -0.2) is 0 Å². The number of carbonyl (C=O) groups is 2. The summed E-state index contributed by atoms with van der Waals surface area (Å²) in [6.45, 7) is 0. The molecule has 0 N–H and O–H groups in total. The zero-order valence-corrected chi connectivity index (χ0v) is 5.09. The summed E-state index contributed by atoms with van der Waals surface area (Å²) in [5.41, 5.74) is 0. The lowest BCUT2D eigenvalue weighted by molar-refractivity contribution is -0.114. The van der Waals surface area contributed by atoms with Gasteiger partial charge in [0.2, 0.25) is 5.78 Å². The average molecular weight is 124 g/mol. The van der Waals surface area contributed by atoms with E-state index >= 15 is 0 Å². The zero-order chi connectivity index (χ0) is 7.11. The predicted octanol–water partition coefficient (Wildman–Crippen LogP) is 0.558. The summed E-state index contributed by atoms with van der Waals surface area (Å²) < 4.78 is 0. The number of ketones is 1. The maximum absolute atomic E-state index is 10.3. The van der Waals surface area contributed by atoms with Crippen molar-refractivity contribution < 1.29 is 9.59 Å². The first kappa shape index (κ1) is 7.90. The third-order valence-corrected chi connectivity index (χ3v) is 0.887. The Balaban J connectivity index is 3.19. The fourth-order valence-electron chi connectivity index (χ4n) is 0.418. The molecular formula is C7H8O2. The molecule has 0 aliphatic heterocycles. The van der Waals surface area contributed by atoms with Gasteiger partial charge >= 0.3 is 0 Å². The smallest absolute Gasteiger partial charge is 0.205 e. The monoisotopic (exact) mass is 124 g/mol. The van der Waals surface area contributed by atoms with Gasteiger partial charge in [0.25, 0.3) is 0 Å². The highest BCUT2D eigenvalue weighted by molar-refractivity contribution is 5.94. The van der Waals surface area contributed by atoms with Crippen LogP contribution < -0.4 is 0 Å². The van der Waals surface area contributed by atoms with E-state index in [9.17, 15) is 9.59 Å². The van der Waals surface area contributed by atoms with Crippen molar-refractivity contribution in [1.29, 1.82) is 0 Å². The van der Waals surface area contributed by atoms with Crippen LogP contribution in [-0.2, 0) is 9.59 Å². The number of unbranched alkanes of at least 4 members (excludes halogenated alkanes) is 1. The molecule has 9 heavy (non-hydrogen) atoms. The van der Waals surface area contributed by atoms with Crippen LogP contribution in [0.25, 0.3) is 0 Å². The topological polar surface area (TPSA) is 34.1 Å². The third-order valence-electron chi connectivity index (χ3n) is 0.887. The van der Waals surface area contributed by atoms with Gasteiger partial charge in [-0.2, -0.15) is 0 Å². The fourth-order valence-corrected chi connectivity index (χ4v) is 0.418. The molecule has 0 aliphatic rings. The molecule has 48 valence electrons. The van der Waals surface area contributed by atoms with Crippen molar-refractivity contribution in [2.45, 2.75) is 19.3 Å². The van der Waals surface area contributed by atoms with Crippen molar-refractivity contribution >= 4 is 12.1 Å². The molecule has 0 spiro atoms. The van der Waals surface area contributed by atoms with Crippen LogP contribution in [0.5, 0.6) is 0 Å². The van der Waals surface area contributed by atoms with E-state index in [2.05, 4.69) is 0 Å². The lowest BCUT2D eigenvalue weighted by Gasteiger charge is -1.85. The van der Waals surface area contributed by atoms with E-state index in [1.54, 1.807) is 0 Å². The van der Waals surface area contributed by atoms with Crippen molar-refractivity contribution in [2.24, 2.45) is 0 Å². The second kappa shape index (κ2) is 5.04. The first-order chi connectivity index (χ1) is 4.31. The number of Topliss-reactive ketones (excluding diaryl/α,β-unsaturated/α-hetero) is 1. The summed E-state index contributed by atoms with van der Waals surface area (Å²) in [7, 11) is 0. The highest BCUT2D eigenvalue weighted by Crippen LogP contribution is 1.91. The third kappa shape index (κ3) is 4.76. The second-order valence-electron chi connectivity index (χ2n) is 1.63. The maximum atomic E-state index is 10.3. The van der Waals surface area contributed by atoms with E-state index in [1.165, 1.54) is 0 Å². The van der Waals surface area contributed by atoms with Crippen LogP contribution in [-0.4, -0.2) is 12.1 Å². The van der Waals surface area contributed by atoms with Crippen molar-refractivity contribution in [3.63, 3.8) is 0 Å². The minimum Gasteiger partial charge on any atom is -0.303 e. The molecule has 0 amide bonds. The molecule has 0 aromatic heterocycles. The standard InChI is InChI=1S/C7H8O2/c1-2-7(9)5-3-4-6-8/h1,6H,3-5H2. The predicted molar refractivity (Wildman–Crippen MR) is 33.8 cm³/mol. The molecule has 0 atom stereocenters. The normalized spacial score (nSPS) is 7.89.